The molecule has 2 nitrogen and oxygen atoms in total. The van der Waals surface area contributed by atoms with Crippen LogP contribution in [0.4, 0.5) is 4.39 Å². The van der Waals surface area contributed by atoms with E-state index in [1.807, 2.05) is 0 Å². The van der Waals surface area contributed by atoms with Crippen LogP contribution >= 0.6 is 0 Å². The largest absolute Gasteiger partial charge is 0.496 e. The number of benzene rings is 1. The normalized spacial score (nSPS) is 12.5. The lowest BCUT2D eigenvalue weighted by Crippen LogP contribution is -2.24. The molecule has 0 aliphatic heterocycles. The van der Waals surface area contributed by atoms with Crippen LogP contribution in [0, 0.1) is 5.82 Å². The van der Waals surface area contributed by atoms with Crippen LogP contribution < -0.4 is 10.1 Å². The maximum atomic E-state index is 13.0. The van der Waals surface area contributed by atoms with Gasteiger partial charge < -0.3 is 10.1 Å². The van der Waals surface area contributed by atoms with E-state index in [0.29, 0.717) is 12.6 Å². The quantitative estimate of drug-likeness (QED) is 0.808. The van der Waals surface area contributed by atoms with Crippen LogP contribution in [0.5, 0.6) is 5.75 Å². The fraction of sp³-hybridized carbons (Fsp3) is 0.500. The fourth-order valence-corrected chi connectivity index (χ4v) is 1.31. The van der Waals surface area contributed by atoms with E-state index in [0.717, 1.165) is 17.7 Å². The van der Waals surface area contributed by atoms with E-state index in [-0.39, 0.29) is 5.82 Å². The number of halogens is 1. The average molecular weight is 211 g/mol. The summed E-state index contributed by atoms with van der Waals surface area (Å²) < 4.78 is 18.2. The molecule has 1 N–H and O–H groups in total. The van der Waals surface area contributed by atoms with Crippen LogP contribution in [0.3, 0.4) is 0 Å². The van der Waals surface area contributed by atoms with Gasteiger partial charge in [0.2, 0.25) is 0 Å². The lowest BCUT2D eigenvalue weighted by Gasteiger charge is -2.13. The molecule has 0 heterocycles. The molecule has 0 radical (unpaired) electrons. The van der Waals surface area contributed by atoms with Crippen molar-refractivity contribution in [1.29, 1.82) is 0 Å². The first kappa shape index (κ1) is 12.0. The lowest BCUT2D eigenvalue weighted by molar-refractivity contribution is 0.403. The molecule has 0 fully saturated rings. The maximum Gasteiger partial charge on any atom is 0.123 e. The Kier molecular flexibility index (Phi) is 4.56. The molecular formula is C12H18FNO. The summed E-state index contributed by atoms with van der Waals surface area (Å²) in [5.74, 6) is 0.504. The summed E-state index contributed by atoms with van der Waals surface area (Å²) in [6.45, 7) is 4.85. The molecule has 0 amide bonds. The number of hydrogen-bond donors (Lipinski definition) is 1. The molecule has 15 heavy (non-hydrogen) atoms. The van der Waals surface area contributed by atoms with Gasteiger partial charge in [-0.2, -0.15) is 0 Å². The molecule has 0 aromatic heterocycles. The monoisotopic (exact) mass is 211 g/mol. The van der Waals surface area contributed by atoms with Crippen molar-refractivity contribution in [2.24, 2.45) is 0 Å². The van der Waals surface area contributed by atoms with Gasteiger partial charge in [0, 0.05) is 18.2 Å². The van der Waals surface area contributed by atoms with Crippen molar-refractivity contribution in [2.75, 3.05) is 7.11 Å². The van der Waals surface area contributed by atoms with E-state index in [4.69, 9.17) is 4.74 Å². The minimum absolute atomic E-state index is 0.225. The van der Waals surface area contributed by atoms with Crippen molar-refractivity contribution < 1.29 is 9.13 Å². The second-order valence-electron chi connectivity index (χ2n) is 3.65. The third kappa shape index (κ3) is 3.51. The Bertz CT molecular complexity index is 314. The maximum absolute atomic E-state index is 13.0. The molecule has 1 atom stereocenters. The average Bonchev–Trinajstić information content (AvgIpc) is 2.26. The molecule has 0 aliphatic rings. The molecule has 1 aromatic rings. The first-order valence-electron chi connectivity index (χ1n) is 5.23. The summed E-state index contributed by atoms with van der Waals surface area (Å²) in [6, 6.07) is 5.00. The highest BCUT2D eigenvalue weighted by Gasteiger charge is 2.05. The minimum Gasteiger partial charge on any atom is -0.496 e. The first-order chi connectivity index (χ1) is 7.17. The van der Waals surface area contributed by atoms with Crippen LogP contribution in [-0.2, 0) is 6.54 Å². The summed E-state index contributed by atoms with van der Waals surface area (Å²) in [6.07, 6.45) is 1.05. The Morgan fingerprint density at radius 3 is 2.80 bits per heavy atom. The van der Waals surface area contributed by atoms with Crippen molar-refractivity contribution >= 4 is 0 Å². The van der Waals surface area contributed by atoms with E-state index >= 15 is 0 Å². The Hall–Kier alpha value is -1.09. The summed E-state index contributed by atoms with van der Waals surface area (Å²) in [4.78, 5) is 0. The fourth-order valence-electron chi connectivity index (χ4n) is 1.31. The van der Waals surface area contributed by atoms with Crippen LogP contribution in [-0.4, -0.2) is 13.2 Å². The summed E-state index contributed by atoms with van der Waals surface area (Å²) in [7, 11) is 1.60. The number of ether oxygens (including phenoxy) is 1. The zero-order valence-electron chi connectivity index (χ0n) is 9.51. The van der Waals surface area contributed by atoms with Gasteiger partial charge in [0.25, 0.3) is 0 Å². The van der Waals surface area contributed by atoms with E-state index < -0.39 is 0 Å². The smallest absolute Gasteiger partial charge is 0.123 e. The van der Waals surface area contributed by atoms with Gasteiger partial charge in [-0.15, -0.1) is 0 Å². The van der Waals surface area contributed by atoms with Crippen molar-refractivity contribution in [3.05, 3.63) is 29.6 Å². The summed E-state index contributed by atoms with van der Waals surface area (Å²) in [5, 5.41) is 3.30. The van der Waals surface area contributed by atoms with E-state index in [1.54, 1.807) is 13.2 Å². The molecule has 0 bridgehead atoms. The lowest BCUT2D eigenvalue weighted by atomic mass is 10.1. The third-order valence-corrected chi connectivity index (χ3v) is 2.50. The van der Waals surface area contributed by atoms with Gasteiger partial charge in [-0.1, -0.05) is 6.92 Å². The van der Waals surface area contributed by atoms with Crippen LogP contribution in [0.15, 0.2) is 18.2 Å². The highest BCUT2D eigenvalue weighted by atomic mass is 19.1. The standard InChI is InChI=1S/C12H18FNO/c1-4-9(2)14-8-10-7-11(13)5-6-12(10)15-3/h5-7,9,14H,4,8H2,1-3H3. The molecule has 3 heteroatoms. The number of rotatable bonds is 5. The van der Waals surface area contributed by atoms with Crippen molar-refractivity contribution in [2.45, 2.75) is 32.9 Å². The second-order valence-corrected chi connectivity index (χ2v) is 3.65. The number of hydrogen-bond acceptors (Lipinski definition) is 2. The topological polar surface area (TPSA) is 21.3 Å². The highest BCUT2D eigenvalue weighted by molar-refractivity contribution is 5.33. The first-order valence-corrected chi connectivity index (χ1v) is 5.23. The molecule has 1 unspecified atom stereocenters. The van der Waals surface area contributed by atoms with Crippen molar-refractivity contribution in [1.82, 2.24) is 5.32 Å². The molecular weight excluding hydrogens is 193 g/mol. The van der Waals surface area contributed by atoms with Gasteiger partial charge in [0.1, 0.15) is 11.6 Å². The Labute approximate surface area is 90.4 Å². The van der Waals surface area contributed by atoms with Gasteiger partial charge >= 0.3 is 0 Å². The Morgan fingerprint density at radius 2 is 2.20 bits per heavy atom. The molecule has 1 aromatic carbocycles. The SMILES string of the molecule is CCC(C)NCc1cc(F)ccc1OC. The zero-order valence-corrected chi connectivity index (χ0v) is 9.51. The third-order valence-electron chi connectivity index (χ3n) is 2.50. The molecule has 0 aliphatic carbocycles. The zero-order chi connectivity index (χ0) is 11.3. The summed E-state index contributed by atoms with van der Waals surface area (Å²) >= 11 is 0. The van der Waals surface area contributed by atoms with Gasteiger partial charge in [0.05, 0.1) is 7.11 Å². The molecule has 0 saturated heterocycles. The van der Waals surface area contributed by atoms with Crippen molar-refractivity contribution in [3.8, 4) is 5.75 Å². The van der Waals surface area contributed by atoms with E-state index in [9.17, 15) is 4.39 Å². The minimum atomic E-state index is -0.225. The predicted molar refractivity (Wildman–Crippen MR) is 59.5 cm³/mol. The van der Waals surface area contributed by atoms with Gasteiger partial charge in [-0.25, -0.2) is 4.39 Å². The number of methoxy groups -OCH3 is 1. The van der Waals surface area contributed by atoms with Gasteiger partial charge in [-0.05, 0) is 31.5 Å². The van der Waals surface area contributed by atoms with Crippen LogP contribution in [0.25, 0.3) is 0 Å². The Morgan fingerprint density at radius 1 is 1.47 bits per heavy atom. The molecule has 1 rings (SSSR count). The van der Waals surface area contributed by atoms with Gasteiger partial charge in [-0.3, -0.25) is 0 Å². The molecule has 0 spiro atoms. The van der Waals surface area contributed by atoms with E-state index in [1.165, 1.54) is 12.1 Å². The van der Waals surface area contributed by atoms with Crippen LogP contribution in [0.2, 0.25) is 0 Å². The van der Waals surface area contributed by atoms with E-state index in [2.05, 4.69) is 19.2 Å². The number of nitrogens with one attached hydrogen (secondary N) is 1. The molecule has 84 valence electrons. The predicted octanol–water partition coefficient (Wildman–Crippen LogP) is 2.72. The van der Waals surface area contributed by atoms with Crippen LogP contribution in [0.1, 0.15) is 25.8 Å². The second kappa shape index (κ2) is 5.71. The summed E-state index contributed by atoms with van der Waals surface area (Å²) in [5.41, 5.74) is 0.859. The van der Waals surface area contributed by atoms with Gasteiger partial charge in [0.15, 0.2) is 0 Å². The van der Waals surface area contributed by atoms with Crippen molar-refractivity contribution in [3.63, 3.8) is 0 Å². The Balaban J connectivity index is 2.69. The molecule has 0 saturated carbocycles. The highest BCUT2D eigenvalue weighted by Crippen LogP contribution is 2.19.